The van der Waals surface area contributed by atoms with Crippen LogP contribution in [0.5, 0.6) is 0 Å². The maximum Gasteiger partial charge on any atom is 0.291 e. The standard InChI is InChI=1S/C16H14N4O4/c1-10(15(21)17-8-11-3-2-5-23-11)20-16(22)13-7-14-12(4-6-24-14)19(13)9-18-20/h2-7,9-10H,8H2,1H3,(H,17,21). The third-order valence-corrected chi connectivity index (χ3v) is 3.94. The van der Waals surface area contributed by atoms with Gasteiger partial charge in [-0.3, -0.25) is 14.0 Å². The molecule has 4 heterocycles. The zero-order valence-corrected chi connectivity index (χ0v) is 12.8. The summed E-state index contributed by atoms with van der Waals surface area (Å²) in [5, 5.41) is 6.84. The minimum atomic E-state index is -0.751. The first kappa shape index (κ1) is 14.3. The molecule has 8 nitrogen and oxygen atoms in total. The van der Waals surface area contributed by atoms with Gasteiger partial charge >= 0.3 is 0 Å². The highest BCUT2D eigenvalue weighted by Crippen LogP contribution is 2.18. The van der Waals surface area contributed by atoms with Crippen molar-refractivity contribution in [3.8, 4) is 0 Å². The number of nitrogens with one attached hydrogen (secondary N) is 1. The van der Waals surface area contributed by atoms with Gasteiger partial charge in [0.2, 0.25) is 5.91 Å². The van der Waals surface area contributed by atoms with E-state index in [0.717, 1.165) is 10.2 Å². The van der Waals surface area contributed by atoms with Crippen molar-refractivity contribution in [1.29, 1.82) is 0 Å². The van der Waals surface area contributed by atoms with Crippen LogP contribution in [-0.2, 0) is 11.3 Å². The van der Waals surface area contributed by atoms with Crippen LogP contribution in [0, 0.1) is 0 Å². The van der Waals surface area contributed by atoms with Crippen LogP contribution in [0.15, 0.2) is 56.7 Å². The molecule has 0 aromatic carbocycles. The quantitative estimate of drug-likeness (QED) is 0.616. The molecule has 0 bridgehead atoms. The fourth-order valence-corrected chi connectivity index (χ4v) is 2.63. The molecule has 0 fully saturated rings. The number of amides is 1. The van der Waals surface area contributed by atoms with Crippen LogP contribution in [0.1, 0.15) is 18.7 Å². The molecule has 0 saturated heterocycles. The molecule has 24 heavy (non-hydrogen) atoms. The first-order valence-corrected chi connectivity index (χ1v) is 7.41. The number of hydrogen-bond acceptors (Lipinski definition) is 5. The van der Waals surface area contributed by atoms with Gasteiger partial charge in [0.15, 0.2) is 5.58 Å². The zero-order chi connectivity index (χ0) is 16.7. The zero-order valence-electron chi connectivity index (χ0n) is 12.8. The van der Waals surface area contributed by atoms with Crippen molar-refractivity contribution in [2.24, 2.45) is 0 Å². The minimum Gasteiger partial charge on any atom is -0.467 e. The SMILES string of the molecule is CC(C(=O)NCc1ccco1)n1ncn2c(cc3occc32)c1=O. The smallest absolute Gasteiger partial charge is 0.291 e. The van der Waals surface area contributed by atoms with E-state index >= 15 is 0 Å². The predicted molar refractivity (Wildman–Crippen MR) is 84.5 cm³/mol. The summed E-state index contributed by atoms with van der Waals surface area (Å²) in [4.78, 5) is 24.9. The molecule has 1 amide bonds. The Labute approximate surface area is 135 Å². The van der Waals surface area contributed by atoms with Gasteiger partial charge in [0.25, 0.3) is 5.56 Å². The molecule has 0 aliphatic rings. The molecule has 4 aromatic heterocycles. The second-order valence-electron chi connectivity index (χ2n) is 5.42. The van der Waals surface area contributed by atoms with Gasteiger partial charge in [-0.05, 0) is 19.1 Å². The summed E-state index contributed by atoms with van der Waals surface area (Å²) in [6.07, 6.45) is 4.59. The van der Waals surface area contributed by atoms with Gasteiger partial charge in [-0.25, -0.2) is 4.68 Å². The molecule has 1 N–H and O–H groups in total. The Morgan fingerprint density at radius 3 is 2.96 bits per heavy atom. The van der Waals surface area contributed by atoms with Crippen LogP contribution < -0.4 is 10.9 Å². The van der Waals surface area contributed by atoms with E-state index in [1.165, 1.54) is 12.6 Å². The number of carbonyl (C=O) groups is 1. The Balaban J connectivity index is 1.63. The number of aromatic nitrogens is 3. The fraction of sp³-hybridized carbons (Fsp3) is 0.188. The van der Waals surface area contributed by atoms with Crippen LogP contribution in [0.3, 0.4) is 0 Å². The van der Waals surface area contributed by atoms with Gasteiger partial charge in [-0.2, -0.15) is 5.10 Å². The third-order valence-electron chi connectivity index (χ3n) is 3.94. The van der Waals surface area contributed by atoms with Crippen molar-refractivity contribution in [3.63, 3.8) is 0 Å². The molecule has 1 atom stereocenters. The summed E-state index contributed by atoms with van der Waals surface area (Å²) in [6, 6.07) is 6.15. The fourth-order valence-electron chi connectivity index (χ4n) is 2.63. The van der Waals surface area contributed by atoms with Crippen LogP contribution in [0.4, 0.5) is 0 Å². The van der Waals surface area contributed by atoms with Crippen LogP contribution in [-0.4, -0.2) is 20.1 Å². The molecule has 4 rings (SSSR count). The summed E-state index contributed by atoms with van der Waals surface area (Å²) in [7, 11) is 0. The van der Waals surface area contributed by atoms with Crippen molar-refractivity contribution in [3.05, 3.63) is 59.2 Å². The summed E-state index contributed by atoms with van der Waals surface area (Å²) < 4.78 is 13.3. The van der Waals surface area contributed by atoms with Gasteiger partial charge in [0, 0.05) is 12.1 Å². The van der Waals surface area contributed by atoms with Gasteiger partial charge in [-0.1, -0.05) is 0 Å². The van der Waals surface area contributed by atoms with Crippen molar-refractivity contribution < 1.29 is 13.6 Å². The van der Waals surface area contributed by atoms with E-state index in [0.29, 0.717) is 16.9 Å². The van der Waals surface area contributed by atoms with E-state index in [4.69, 9.17) is 8.83 Å². The van der Waals surface area contributed by atoms with E-state index < -0.39 is 6.04 Å². The topological polar surface area (TPSA) is 94.7 Å². The normalized spacial score (nSPS) is 12.7. The second kappa shape index (κ2) is 5.41. The summed E-state index contributed by atoms with van der Waals surface area (Å²) in [5.74, 6) is 0.318. The number of fused-ring (bicyclic) bond motifs is 3. The Morgan fingerprint density at radius 1 is 1.29 bits per heavy atom. The lowest BCUT2D eigenvalue weighted by molar-refractivity contribution is -0.124. The van der Waals surface area contributed by atoms with Gasteiger partial charge in [0.05, 0.1) is 24.6 Å². The number of hydrogen-bond donors (Lipinski definition) is 1. The predicted octanol–water partition coefficient (Wildman–Crippen LogP) is 1.71. The summed E-state index contributed by atoms with van der Waals surface area (Å²) in [5.41, 5.74) is 1.41. The molecule has 0 radical (unpaired) electrons. The van der Waals surface area contributed by atoms with Gasteiger partial charge < -0.3 is 14.2 Å². The maximum absolute atomic E-state index is 12.6. The van der Waals surface area contributed by atoms with Crippen LogP contribution in [0.2, 0.25) is 0 Å². The molecule has 122 valence electrons. The van der Waals surface area contributed by atoms with E-state index in [1.807, 2.05) is 0 Å². The average molecular weight is 326 g/mol. The van der Waals surface area contributed by atoms with Gasteiger partial charge in [-0.15, -0.1) is 0 Å². The molecule has 0 aliphatic heterocycles. The minimum absolute atomic E-state index is 0.255. The summed E-state index contributed by atoms with van der Waals surface area (Å²) >= 11 is 0. The highest BCUT2D eigenvalue weighted by molar-refractivity contribution is 5.82. The lowest BCUT2D eigenvalue weighted by Gasteiger charge is -2.13. The van der Waals surface area contributed by atoms with Crippen molar-refractivity contribution >= 4 is 22.5 Å². The van der Waals surface area contributed by atoms with E-state index in [-0.39, 0.29) is 18.0 Å². The van der Waals surface area contributed by atoms with Gasteiger partial charge in [0.1, 0.15) is 23.6 Å². The van der Waals surface area contributed by atoms with Crippen molar-refractivity contribution in [2.45, 2.75) is 19.5 Å². The molecule has 1 unspecified atom stereocenters. The van der Waals surface area contributed by atoms with E-state index in [1.54, 1.807) is 41.9 Å². The Hall–Kier alpha value is -3.29. The first-order valence-electron chi connectivity index (χ1n) is 7.41. The number of carbonyl (C=O) groups excluding carboxylic acids is 1. The molecule has 8 heteroatoms. The van der Waals surface area contributed by atoms with Crippen LogP contribution in [0.25, 0.3) is 16.6 Å². The first-order chi connectivity index (χ1) is 11.6. The molecular formula is C16H14N4O4. The number of nitrogens with zero attached hydrogens (tertiary/aromatic N) is 3. The number of furan rings is 2. The Bertz CT molecular complexity index is 1070. The molecule has 4 aromatic rings. The van der Waals surface area contributed by atoms with Crippen LogP contribution >= 0.6 is 0 Å². The van der Waals surface area contributed by atoms with Crippen molar-refractivity contribution in [1.82, 2.24) is 19.5 Å². The molecule has 0 aliphatic carbocycles. The third kappa shape index (κ3) is 2.19. The van der Waals surface area contributed by atoms with E-state index in [9.17, 15) is 9.59 Å². The van der Waals surface area contributed by atoms with E-state index in [2.05, 4.69) is 10.4 Å². The highest BCUT2D eigenvalue weighted by atomic mass is 16.3. The lowest BCUT2D eigenvalue weighted by atomic mass is 10.3. The number of rotatable bonds is 4. The Morgan fingerprint density at radius 2 is 2.17 bits per heavy atom. The second-order valence-corrected chi connectivity index (χ2v) is 5.42. The maximum atomic E-state index is 12.6. The summed E-state index contributed by atoms with van der Waals surface area (Å²) in [6.45, 7) is 1.88. The Kier molecular flexibility index (Phi) is 3.23. The monoisotopic (exact) mass is 326 g/mol. The highest BCUT2D eigenvalue weighted by Gasteiger charge is 2.20. The average Bonchev–Trinajstić information content (AvgIpc) is 3.29. The largest absolute Gasteiger partial charge is 0.467 e. The van der Waals surface area contributed by atoms with Crippen molar-refractivity contribution in [2.75, 3.05) is 0 Å². The molecule has 0 saturated carbocycles. The lowest BCUT2D eigenvalue weighted by Crippen LogP contribution is -2.37. The molecular weight excluding hydrogens is 312 g/mol. The molecule has 0 spiro atoms.